The molecule has 5 nitrogen and oxygen atoms in total. The van der Waals surface area contributed by atoms with E-state index in [0.29, 0.717) is 18.4 Å². The Morgan fingerprint density at radius 2 is 2.36 bits per heavy atom. The van der Waals surface area contributed by atoms with Gasteiger partial charge in [-0.2, -0.15) is 9.40 Å². The number of aromatic nitrogens is 2. The maximum Gasteiger partial charge on any atom is 0.259 e. The van der Waals surface area contributed by atoms with Crippen molar-refractivity contribution in [3.05, 3.63) is 12.3 Å². The van der Waals surface area contributed by atoms with Gasteiger partial charge in [-0.3, -0.25) is 5.10 Å². The van der Waals surface area contributed by atoms with Crippen LogP contribution in [0, 0.1) is 0 Å². The van der Waals surface area contributed by atoms with Gasteiger partial charge in [0.15, 0.2) is 5.03 Å². The minimum Gasteiger partial charge on any atom is -0.266 e. The summed E-state index contributed by atoms with van der Waals surface area (Å²) in [7, 11) is -3.38. The monoisotopic (exact) mass is 281 g/mol. The first-order valence-electron chi connectivity index (χ1n) is 4.18. The summed E-state index contributed by atoms with van der Waals surface area (Å²) in [6, 6.07) is 1.45. The molecule has 1 aromatic rings. The Morgan fingerprint density at radius 1 is 1.64 bits per heavy atom. The van der Waals surface area contributed by atoms with Crippen LogP contribution in [0.3, 0.4) is 0 Å². The van der Waals surface area contributed by atoms with Crippen LogP contribution in [0.2, 0.25) is 0 Å². The van der Waals surface area contributed by atoms with E-state index in [1.54, 1.807) is 6.92 Å². The minimum absolute atomic E-state index is 0.139. The van der Waals surface area contributed by atoms with Gasteiger partial charge >= 0.3 is 0 Å². The van der Waals surface area contributed by atoms with E-state index in [9.17, 15) is 8.42 Å². The molecule has 0 saturated carbocycles. The molecule has 0 amide bonds. The van der Waals surface area contributed by atoms with Crippen molar-refractivity contribution >= 4 is 26.0 Å². The first kappa shape index (κ1) is 11.7. The molecule has 0 radical (unpaired) electrons. The number of hydrogen-bond acceptors (Lipinski definition) is 3. The predicted molar refractivity (Wildman–Crippen MR) is 56.8 cm³/mol. The van der Waals surface area contributed by atoms with E-state index in [2.05, 4.69) is 26.1 Å². The Kier molecular flexibility index (Phi) is 4.09. The van der Waals surface area contributed by atoms with Crippen LogP contribution in [0.15, 0.2) is 17.3 Å². The minimum atomic E-state index is -3.38. The molecule has 0 aliphatic heterocycles. The largest absolute Gasteiger partial charge is 0.266 e. The number of nitrogens with zero attached hydrogens (tertiary/aromatic N) is 2. The maximum absolute atomic E-state index is 11.8. The zero-order valence-corrected chi connectivity index (χ0v) is 10.2. The predicted octanol–water partition coefficient (Wildman–Crippen LogP) is 0.815. The van der Waals surface area contributed by atoms with Crippen molar-refractivity contribution in [2.24, 2.45) is 0 Å². The van der Waals surface area contributed by atoms with Gasteiger partial charge in [0, 0.05) is 18.4 Å². The van der Waals surface area contributed by atoms with Crippen LogP contribution in [0.5, 0.6) is 0 Å². The average molecular weight is 282 g/mol. The highest BCUT2D eigenvalue weighted by atomic mass is 79.9. The van der Waals surface area contributed by atoms with Gasteiger partial charge in [-0.05, 0) is 6.07 Å². The third-order valence-electron chi connectivity index (χ3n) is 1.78. The summed E-state index contributed by atoms with van der Waals surface area (Å²) < 4.78 is 25.1. The van der Waals surface area contributed by atoms with Crippen LogP contribution in [0.4, 0.5) is 0 Å². The van der Waals surface area contributed by atoms with Gasteiger partial charge in [-0.15, -0.1) is 0 Å². The highest BCUT2D eigenvalue weighted by Crippen LogP contribution is 2.11. The number of hydrogen-bond donors (Lipinski definition) is 1. The van der Waals surface area contributed by atoms with E-state index in [4.69, 9.17) is 0 Å². The number of nitrogens with one attached hydrogen (secondary N) is 1. The van der Waals surface area contributed by atoms with E-state index in [-0.39, 0.29) is 5.03 Å². The molecule has 1 N–H and O–H groups in total. The summed E-state index contributed by atoms with van der Waals surface area (Å²) in [5, 5.41) is 6.84. The number of sulfonamides is 1. The van der Waals surface area contributed by atoms with E-state index in [0.717, 1.165) is 0 Å². The lowest BCUT2D eigenvalue weighted by molar-refractivity contribution is 0.445. The maximum atomic E-state index is 11.8. The number of halogens is 1. The van der Waals surface area contributed by atoms with Crippen LogP contribution < -0.4 is 0 Å². The molecule has 0 aliphatic rings. The second-order valence-corrected chi connectivity index (χ2v) is 5.31. The number of rotatable bonds is 5. The third kappa shape index (κ3) is 2.34. The van der Waals surface area contributed by atoms with Crippen molar-refractivity contribution in [3.63, 3.8) is 0 Å². The lowest BCUT2D eigenvalue weighted by atomic mass is 10.7. The van der Waals surface area contributed by atoms with Gasteiger partial charge in [-0.1, -0.05) is 22.9 Å². The molecule has 7 heteroatoms. The molecule has 14 heavy (non-hydrogen) atoms. The Balaban J connectivity index is 2.94. The van der Waals surface area contributed by atoms with Crippen molar-refractivity contribution in [2.75, 3.05) is 18.4 Å². The van der Waals surface area contributed by atoms with Crippen molar-refractivity contribution in [3.8, 4) is 0 Å². The molecule has 0 spiro atoms. The third-order valence-corrected chi connectivity index (χ3v) is 4.04. The van der Waals surface area contributed by atoms with E-state index in [1.165, 1.54) is 16.6 Å². The second kappa shape index (κ2) is 4.90. The number of aromatic amines is 1. The van der Waals surface area contributed by atoms with Gasteiger partial charge in [0.25, 0.3) is 10.0 Å². The van der Waals surface area contributed by atoms with Crippen molar-refractivity contribution in [1.29, 1.82) is 0 Å². The molecule has 1 rings (SSSR count). The number of alkyl halides is 1. The van der Waals surface area contributed by atoms with Gasteiger partial charge < -0.3 is 0 Å². The van der Waals surface area contributed by atoms with E-state index in [1.807, 2.05) is 0 Å². The summed E-state index contributed by atoms with van der Waals surface area (Å²) in [5.41, 5.74) is 0. The van der Waals surface area contributed by atoms with Gasteiger partial charge in [-0.25, -0.2) is 8.42 Å². The molecule has 0 aliphatic carbocycles. The molecule has 80 valence electrons. The SMILES string of the molecule is CCN(CCBr)S(=O)(=O)c1ccn[nH]1. The first-order valence-corrected chi connectivity index (χ1v) is 6.74. The number of H-pyrrole nitrogens is 1. The van der Waals surface area contributed by atoms with Crippen LogP contribution in [-0.4, -0.2) is 41.3 Å². The van der Waals surface area contributed by atoms with Crippen LogP contribution >= 0.6 is 15.9 Å². The molecular weight excluding hydrogens is 270 g/mol. The lowest BCUT2D eigenvalue weighted by Gasteiger charge is -2.17. The van der Waals surface area contributed by atoms with Gasteiger partial charge in [0.2, 0.25) is 0 Å². The highest BCUT2D eigenvalue weighted by molar-refractivity contribution is 9.09. The summed E-state index contributed by atoms with van der Waals surface area (Å²) in [6.45, 7) is 2.71. The summed E-state index contributed by atoms with van der Waals surface area (Å²) >= 11 is 3.21. The Bertz CT molecular complexity index is 362. The zero-order valence-electron chi connectivity index (χ0n) is 7.77. The summed E-state index contributed by atoms with van der Waals surface area (Å²) in [5.74, 6) is 0. The van der Waals surface area contributed by atoms with E-state index < -0.39 is 10.0 Å². The normalized spacial score (nSPS) is 12.2. The Morgan fingerprint density at radius 3 is 2.79 bits per heavy atom. The van der Waals surface area contributed by atoms with Crippen molar-refractivity contribution < 1.29 is 8.42 Å². The molecule has 0 aromatic carbocycles. The molecule has 0 unspecified atom stereocenters. The standard InChI is InChI=1S/C7H12BrN3O2S/c1-2-11(6-4-8)14(12,13)7-3-5-9-10-7/h3,5H,2,4,6H2,1H3,(H,9,10). The molecule has 1 heterocycles. The van der Waals surface area contributed by atoms with Crippen LogP contribution in [-0.2, 0) is 10.0 Å². The van der Waals surface area contributed by atoms with Gasteiger partial charge in [0.1, 0.15) is 0 Å². The smallest absolute Gasteiger partial charge is 0.259 e. The van der Waals surface area contributed by atoms with Crippen LogP contribution in [0.1, 0.15) is 6.92 Å². The summed E-state index contributed by atoms with van der Waals surface area (Å²) in [6.07, 6.45) is 1.43. The molecule has 1 aromatic heterocycles. The van der Waals surface area contributed by atoms with Gasteiger partial charge in [0.05, 0.1) is 6.20 Å². The molecule has 0 bridgehead atoms. The van der Waals surface area contributed by atoms with Crippen molar-refractivity contribution in [2.45, 2.75) is 11.9 Å². The average Bonchev–Trinajstić information content (AvgIpc) is 2.66. The fourth-order valence-electron chi connectivity index (χ4n) is 1.07. The molecule has 0 atom stereocenters. The highest BCUT2D eigenvalue weighted by Gasteiger charge is 2.23. The fourth-order valence-corrected chi connectivity index (χ4v) is 3.08. The Hall–Kier alpha value is -0.400. The van der Waals surface area contributed by atoms with Crippen molar-refractivity contribution in [1.82, 2.24) is 14.5 Å². The second-order valence-electron chi connectivity index (χ2n) is 2.61. The summed E-state index contributed by atoms with van der Waals surface area (Å²) in [4.78, 5) is 0. The zero-order chi connectivity index (χ0) is 10.6. The van der Waals surface area contributed by atoms with E-state index >= 15 is 0 Å². The topological polar surface area (TPSA) is 66.1 Å². The molecule has 0 saturated heterocycles. The molecular formula is C7H12BrN3O2S. The quantitative estimate of drug-likeness (QED) is 0.813. The fraction of sp³-hybridized carbons (Fsp3) is 0.571. The Labute approximate surface area is 91.7 Å². The van der Waals surface area contributed by atoms with Crippen LogP contribution in [0.25, 0.3) is 0 Å². The molecule has 0 fully saturated rings. The first-order chi connectivity index (χ1) is 6.62. The lowest BCUT2D eigenvalue weighted by Crippen LogP contribution is -2.32.